The van der Waals surface area contributed by atoms with Crippen LogP contribution in [0.4, 0.5) is 4.79 Å². The van der Waals surface area contributed by atoms with Crippen molar-refractivity contribution in [3.63, 3.8) is 0 Å². The summed E-state index contributed by atoms with van der Waals surface area (Å²) in [4.78, 5) is 32.2. The van der Waals surface area contributed by atoms with Gasteiger partial charge in [-0.15, -0.1) is 0 Å². The average molecular weight is 364 g/mol. The Balaban J connectivity index is 1.65. The van der Waals surface area contributed by atoms with Gasteiger partial charge in [0.2, 0.25) is 0 Å². The quantitative estimate of drug-likeness (QED) is 0.361. The van der Waals surface area contributed by atoms with E-state index < -0.39 is 12.1 Å². The molecule has 0 radical (unpaired) electrons. The average Bonchev–Trinajstić information content (AvgIpc) is 2.67. The number of rotatable bonds is 8. The van der Waals surface area contributed by atoms with Crippen molar-refractivity contribution < 1.29 is 29.1 Å². The zero-order chi connectivity index (χ0) is 18.8. The Morgan fingerprint density at radius 2 is 1.69 bits per heavy atom. The standard InChI is InChI=1S/C20H28O6/c1-3-5-6-16-7-11-17(12-8-16)19(21)24-26-25-20(22)23-18-13-9-15(4-2)10-14-18/h7-8,11-12,15,18H,3-6,9-10,13-14H2,1-2H3. The third-order valence-corrected chi connectivity index (χ3v) is 4.85. The highest BCUT2D eigenvalue weighted by atomic mass is 17.5. The lowest BCUT2D eigenvalue weighted by Crippen LogP contribution is -2.25. The van der Waals surface area contributed by atoms with Crippen molar-refractivity contribution in [3.05, 3.63) is 35.4 Å². The van der Waals surface area contributed by atoms with Gasteiger partial charge in [0.15, 0.2) is 0 Å². The molecule has 1 aromatic carbocycles. The molecule has 6 nitrogen and oxygen atoms in total. The normalized spacial score (nSPS) is 19.6. The highest BCUT2D eigenvalue weighted by Crippen LogP contribution is 2.28. The van der Waals surface area contributed by atoms with Gasteiger partial charge in [0.05, 0.1) is 10.6 Å². The summed E-state index contributed by atoms with van der Waals surface area (Å²) in [6.07, 6.45) is 6.89. The topological polar surface area (TPSA) is 71.1 Å². The first-order chi connectivity index (χ1) is 12.6. The van der Waals surface area contributed by atoms with Gasteiger partial charge in [-0.25, -0.2) is 14.5 Å². The van der Waals surface area contributed by atoms with Gasteiger partial charge in [-0.1, -0.05) is 38.8 Å². The fourth-order valence-corrected chi connectivity index (χ4v) is 3.13. The van der Waals surface area contributed by atoms with Crippen LogP contribution in [-0.2, 0) is 26.0 Å². The Hall–Kier alpha value is -2.08. The molecule has 0 unspecified atom stereocenters. The number of ether oxygens (including phenoxy) is 1. The van der Waals surface area contributed by atoms with E-state index in [1.807, 2.05) is 12.1 Å². The number of unbranched alkanes of at least 4 members (excludes halogenated alkanes) is 1. The van der Waals surface area contributed by atoms with Crippen molar-refractivity contribution in [1.29, 1.82) is 0 Å². The Bertz CT molecular complexity index is 560. The smallest absolute Gasteiger partial charge is 0.429 e. The highest BCUT2D eigenvalue weighted by molar-refractivity contribution is 5.88. The summed E-state index contributed by atoms with van der Waals surface area (Å²) < 4.78 is 5.15. The maximum absolute atomic E-state index is 11.8. The highest BCUT2D eigenvalue weighted by Gasteiger charge is 2.24. The number of carbonyl (C=O) groups is 2. The molecule has 144 valence electrons. The summed E-state index contributed by atoms with van der Waals surface area (Å²) in [6.45, 7) is 4.30. The molecule has 1 aromatic rings. The number of benzene rings is 1. The molecule has 6 heteroatoms. The van der Waals surface area contributed by atoms with Crippen LogP contribution in [0.5, 0.6) is 0 Å². The lowest BCUT2D eigenvalue weighted by atomic mass is 9.86. The van der Waals surface area contributed by atoms with Crippen molar-refractivity contribution >= 4 is 12.1 Å². The molecule has 0 heterocycles. The summed E-state index contributed by atoms with van der Waals surface area (Å²) >= 11 is 0. The van der Waals surface area contributed by atoms with Crippen LogP contribution in [0, 0.1) is 5.92 Å². The molecule has 0 amide bonds. The second-order valence-corrected chi connectivity index (χ2v) is 6.74. The van der Waals surface area contributed by atoms with Gasteiger partial charge < -0.3 is 4.74 Å². The molecule has 0 spiro atoms. The van der Waals surface area contributed by atoms with Crippen LogP contribution in [0.2, 0.25) is 0 Å². The first-order valence-electron chi connectivity index (χ1n) is 9.47. The summed E-state index contributed by atoms with van der Waals surface area (Å²) in [5.74, 6) is -0.0280. The van der Waals surface area contributed by atoms with E-state index in [1.165, 1.54) is 0 Å². The lowest BCUT2D eigenvalue weighted by Gasteiger charge is -2.26. The van der Waals surface area contributed by atoms with E-state index in [0.29, 0.717) is 11.5 Å². The number of aryl methyl sites for hydroxylation is 1. The predicted octanol–water partition coefficient (Wildman–Crippen LogP) is 5.15. The zero-order valence-corrected chi connectivity index (χ0v) is 15.6. The maximum atomic E-state index is 11.8. The molecule has 0 bridgehead atoms. The van der Waals surface area contributed by atoms with Crippen LogP contribution in [0.1, 0.15) is 74.7 Å². The third-order valence-electron chi connectivity index (χ3n) is 4.85. The van der Waals surface area contributed by atoms with Crippen LogP contribution in [0.3, 0.4) is 0 Å². The lowest BCUT2D eigenvalue weighted by molar-refractivity contribution is -0.453. The van der Waals surface area contributed by atoms with E-state index in [1.54, 1.807) is 12.1 Å². The molecule has 0 N–H and O–H groups in total. The molecule has 26 heavy (non-hydrogen) atoms. The minimum atomic E-state index is -0.993. The fourth-order valence-electron chi connectivity index (χ4n) is 3.13. The van der Waals surface area contributed by atoms with E-state index in [2.05, 4.69) is 28.7 Å². The van der Waals surface area contributed by atoms with Gasteiger partial charge in [0, 0.05) is 0 Å². The van der Waals surface area contributed by atoms with Gasteiger partial charge in [-0.05, 0) is 62.1 Å². The van der Waals surface area contributed by atoms with Gasteiger partial charge in [0.1, 0.15) is 6.10 Å². The number of hydrogen-bond donors (Lipinski definition) is 0. The molecular weight excluding hydrogens is 336 g/mol. The molecule has 1 aliphatic rings. The predicted molar refractivity (Wildman–Crippen MR) is 95.2 cm³/mol. The van der Waals surface area contributed by atoms with E-state index in [4.69, 9.17) is 4.74 Å². The summed E-state index contributed by atoms with van der Waals surface area (Å²) in [5.41, 5.74) is 1.47. The Labute approximate surface area is 154 Å². The van der Waals surface area contributed by atoms with E-state index in [9.17, 15) is 9.59 Å². The van der Waals surface area contributed by atoms with Crippen molar-refractivity contribution in [1.82, 2.24) is 0 Å². The fraction of sp³-hybridized carbons (Fsp3) is 0.600. The van der Waals surface area contributed by atoms with Crippen LogP contribution in [-0.4, -0.2) is 18.2 Å². The zero-order valence-electron chi connectivity index (χ0n) is 15.6. The molecule has 1 saturated carbocycles. The SMILES string of the molecule is CCCCc1ccc(C(=O)OOOC(=O)OC2CCC(CC)CC2)cc1. The van der Waals surface area contributed by atoms with Gasteiger partial charge in [-0.2, -0.15) is 0 Å². The molecule has 2 rings (SSSR count). The molecular formula is C20H28O6. The van der Waals surface area contributed by atoms with Gasteiger partial charge in [-0.3, -0.25) is 4.89 Å². The van der Waals surface area contributed by atoms with E-state index in [0.717, 1.165) is 56.9 Å². The Morgan fingerprint density at radius 3 is 2.31 bits per heavy atom. The van der Waals surface area contributed by atoms with E-state index >= 15 is 0 Å². The molecule has 1 aliphatic carbocycles. The largest absolute Gasteiger partial charge is 0.543 e. The second-order valence-electron chi connectivity index (χ2n) is 6.74. The Kier molecular flexibility index (Phi) is 8.41. The third kappa shape index (κ3) is 6.67. The molecule has 0 atom stereocenters. The molecule has 0 aromatic heterocycles. The van der Waals surface area contributed by atoms with Crippen LogP contribution >= 0.6 is 0 Å². The first kappa shape index (κ1) is 20.2. The van der Waals surface area contributed by atoms with Crippen LogP contribution in [0.25, 0.3) is 0 Å². The van der Waals surface area contributed by atoms with Crippen molar-refractivity contribution in [2.45, 2.75) is 71.3 Å². The maximum Gasteiger partial charge on any atom is 0.543 e. The Morgan fingerprint density at radius 1 is 1.00 bits per heavy atom. The van der Waals surface area contributed by atoms with Gasteiger partial charge in [0.25, 0.3) is 0 Å². The molecule has 0 aliphatic heterocycles. The van der Waals surface area contributed by atoms with Gasteiger partial charge >= 0.3 is 12.1 Å². The second kappa shape index (κ2) is 10.8. The number of hydrogen-bond acceptors (Lipinski definition) is 6. The van der Waals surface area contributed by atoms with Crippen LogP contribution in [0.15, 0.2) is 24.3 Å². The molecule has 1 fully saturated rings. The summed E-state index contributed by atoms with van der Waals surface area (Å²) in [5, 5.41) is 4.27. The molecule has 0 saturated heterocycles. The van der Waals surface area contributed by atoms with Crippen LogP contribution < -0.4 is 0 Å². The van der Waals surface area contributed by atoms with Crippen molar-refractivity contribution in [2.24, 2.45) is 5.92 Å². The minimum Gasteiger partial charge on any atom is -0.429 e. The first-order valence-corrected chi connectivity index (χ1v) is 9.47. The minimum absolute atomic E-state index is 0.166. The van der Waals surface area contributed by atoms with Crippen molar-refractivity contribution in [3.8, 4) is 0 Å². The summed E-state index contributed by atoms with van der Waals surface area (Å²) in [7, 11) is 0. The van der Waals surface area contributed by atoms with E-state index in [-0.39, 0.29) is 6.10 Å². The summed E-state index contributed by atoms with van der Waals surface area (Å²) in [6, 6.07) is 7.05. The number of carbonyl (C=O) groups excluding carboxylic acids is 2. The monoisotopic (exact) mass is 364 g/mol. The van der Waals surface area contributed by atoms with Crippen molar-refractivity contribution in [2.75, 3.05) is 0 Å².